The minimum atomic E-state index is -3.38. The molecule has 1 heterocycles. The first kappa shape index (κ1) is 30.3. The largest absolute Gasteiger partial charge is 0.401 e. The van der Waals surface area contributed by atoms with Crippen LogP contribution in [0.1, 0.15) is 36.0 Å². The first-order valence-electron chi connectivity index (χ1n) is 13.7. The van der Waals surface area contributed by atoms with E-state index < -0.39 is 15.3 Å². The molecule has 7 nitrogen and oxygen atoms in total. The van der Waals surface area contributed by atoms with E-state index in [4.69, 9.17) is 28.9 Å². The number of amides is 1. The highest BCUT2D eigenvalue weighted by Gasteiger charge is 2.47. The van der Waals surface area contributed by atoms with Crippen LogP contribution in [0.4, 0.5) is 0 Å². The molecule has 1 amide bonds. The predicted octanol–water partition coefficient (Wildman–Crippen LogP) is 5.41. The molecule has 3 aromatic carbocycles. The van der Waals surface area contributed by atoms with Crippen molar-refractivity contribution in [2.75, 3.05) is 25.9 Å². The Bertz CT molecular complexity index is 1720. The molecule has 1 spiro atoms. The van der Waals surface area contributed by atoms with Crippen LogP contribution < -0.4 is 11.1 Å². The number of rotatable bonds is 7. The fraction of sp³-hybridized carbons (Fsp3) is 0.312. The molecule has 0 saturated carbocycles. The zero-order valence-corrected chi connectivity index (χ0v) is 25.9. The molecule has 42 heavy (non-hydrogen) atoms. The summed E-state index contributed by atoms with van der Waals surface area (Å²) in [4.78, 5) is 28.5. The Kier molecular flexibility index (Phi) is 8.54. The molecular formula is C32H33Cl2N3O4S. The smallest absolute Gasteiger partial charge is 0.234 e. The Hall–Kier alpha value is -3.17. The van der Waals surface area contributed by atoms with Gasteiger partial charge in [-0.3, -0.25) is 14.5 Å². The number of allylic oxidation sites excluding steroid dienone is 1. The van der Waals surface area contributed by atoms with E-state index >= 15 is 0 Å². The van der Waals surface area contributed by atoms with E-state index in [1.807, 2.05) is 31.2 Å². The van der Waals surface area contributed by atoms with Crippen LogP contribution in [0.2, 0.25) is 10.0 Å². The summed E-state index contributed by atoms with van der Waals surface area (Å²) in [5, 5.41) is 3.95. The summed E-state index contributed by atoms with van der Waals surface area (Å²) in [6, 6.07) is 17.6. The molecule has 0 aromatic heterocycles. The van der Waals surface area contributed by atoms with Crippen LogP contribution in [0.5, 0.6) is 0 Å². The van der Waals surface area contributed by atoms with Crippen LogP contribution in [0, 0.1) is 12.3 Å². The predicted molar refractivity (Wildman–Crippen MR) is 167 cm³/mol. The van der Waals surface area contributed by atoms with Crippen molar-refractivity contribution in [3.63, 3.8) is 0 Å². The van der Waals surface area contributed by atoms with Gasteiger partial charge < -0.3 is 11.1 Å². The molecule has 5 rings (SSSR count). The first-order valence-corrected chi connectivity index (χ1v) is 16.4. The quantitative estimate of drug-likeness (QED) is 0.363. The number of aryl methyl sites for hydroxylation is 1. The van der Waals surface area contributed by atoms with Gasteiger partial charge >= 0.3 is 0 Å². The molecule has 2 aliphatic rings. The van der Waals surface area contributed by atoms with Gasteiger partial charge in [-0.2, -0.15) is 0 Å². The highest BCUT2D eigenvalue weighted by Crippen LogP contribution is 2.49. The highest BCUT2D eigenvalue weighted by atomic mass is 35.5. The lowest BCUT2D eigenvalue weighted by molar-refractivity contribution is -0.123. The Balaban J connectivity index is 1.37. The lowest BCUT2D eigenvalue weighted by atomic mass is 9.77. The number of nitrogens with one attached hydrogen (secondary N) is 1. The maximum absolute atomic E-state index is 13.5. The van der Waals surface area contributed by atoms with Crippen LogP contribution in [-0.2, 0) is 26.0 Å². The summed E-state index contributed by atoms with van der Waals surface area (Å²) in [6.07, 6.45) is 3.02. The zero-order chi connectivity index (χ0) is 30.2. The molecule has 1 saturated heterocycles. The topological polar surface area (TPSA) is 110 Å². The number of Topliss-reactive ketones (excluding diaryl/α,β-unsaturated/α-hetero) is 1. The van der Waals surface area contributed by atoms with Gasteiger partial charge in [-0.05, 0) is 78.9 Å². The standard InChI is InChI=1S/C32H33Cl2N3O4S/c1-20-13-25(21-8-5-9-23(14-21)42(2,40)41)27(34)15-24(20)30-28(38)16-32(31(30)35)11-6-12-37(19-32)18-29(39)36-17-22-7-3-4-10-26(22)33/h3-5,7-10,13-15H,6,11-12,16-19,35H2,1-2H3,(H,36,39). The van der Waals surface area contributed by atoms with Crippen molar-refractivity contribution in [1.82, 2.24) is 10.2 Å². The van der Waals surface area contributed by atoms with Crippen LogP contribution >= 0.6 is 23.2 Å². The fourth-order valence-corrected chi connectivity index (χ4v) is 7.23. The van der Waals surface area contributed by atoms with E-state index in [1.54, 1.807) is 36.4 Å². The van der Waals surface area contributed by atoms with Gasteiger partial charge in [0.15, 0.2) is 15.6 Å². The number of nitrogens with zero attached hydrogens (tertiary/aromatic N) is 1. The summed E-state index contributed by atoms with van der Waals surface area (Å²) >= 11 is 12.9. The minimum Gasteiger partial charge on any atom is -0.401 e. The van der Waals surface area contributed by atoms with Gasteiger partial charge in [0.05, 0.1) is 11.4 Å². The van der Waals surface area contributed by atoms with E-state index in [-0.39, 0.29) is 29.6 Å². The maximum Gasteiger partial charge on any atom is 0.234 e. The number of likely N-dealkylation sites (tertiary alicyclic amines) is 1. The maximum atomic E-state index is 13.5. The third kappa shape index (κ3) is 6.13. The number of halogens is 2. The van der Waals surface area contributed by atoms with Crippen LogP contribution in [0.15, 0.2) is 71.3 Å². The molecule has 0 radical (unpaired) electrons. The minimum absolute atomic E-state index is 0.0384. The highest BCUT2D eigenvalue weighted by molar-refractivity contribution is 7.90. The normalized spacial score (nSPS) is 19.5. The third-order valence-corrected chi connectivity index (χ3v) is 10.0. The van der Waals surface area contributed by atoms with Gasteiger partial charge in [0.25, 0.3) is 0 Å². The van der Waals surface area contributed by atoms with E-state index in [2.05, 4.69) is 10.2 Å². The number of benzene rings is 3. The van der Waals surface area contributed by atoms with Gasteiger partial charge in [0, 0.05) is 58.1 Å². The van der Waals surface area contributed by atoms with Crippen molar-refractivity contribution in [2.45, 2.75) is 37.6 Å². The Morgan fingerprint density at radius 3 is 2.55 bits per heavy atom. The Morgan fingerprint density at radius 1 is 1.05 bits per heavy atom. The number of carbonyl (C=O) groups excluding carboxylic acids is 2. The van der Waals surface area contributed by atoms with Crippen LogP contribution in [0.25, 0.3) is 16.7 Å². The molecule has 1 aliphatic carbocycles. The SMILES string of the molecule is Cc1cc(-c2cccc(S(C)(=O)=O)c2)c(Cl)cc1C1=C(N)C2(CCCN(CC(=O)NCc3ccccc3Cl)C2)CC1=O. The van der Waals surface area contributed by atoms with Gasteiger partial charge in [-0.1, -0.05) is 53.5 Å². The number of sulfone groups is 1. The summed E-state index contributed by atoms with van der Waals surface area (Å²) in [5.74, 6) is -0.152. The molecular weight excluding hydrogens is 593 g/mol. The molecule has 10 heteroatoms. The van der Waals surface area contributed by atoms with Crippen molar-refractivity contribution in [3.05, 3.63) is 93.1 Å². The molecule has 3 N–H and O–H groups in total. The van der Waals surface area contributed by atoms with Crippen molar-refractivity contribution >= 4 is 50.3 Å². The number of carbonyl (C=O) groups is 2. The molecule has 1 unspecified atom stereocenters. The molecule has 1 fully saturated rings. The van der Waals surface area contributed by atoms with E-state index in [1.165, 1.54) is 6.26 Å². The third-order valence-electron chi connectivity index (χ3n) is 8.23. The van der Waals surface area contributed by atoms with E-state index in [0.29, 0.717) is 51.1 Å². The number of nitrogens with two attached hydrogens (primary N) is 1. The van der Waals surface area contributed by atoms with Gasteiger partial charge in [-0.15, -0.1) is 0 Å². The molecule has 1 aliphatic heterocycles. The number of ketones is 1. The fourth-order valence-electron chi connectivity index (χ4n) is 6.09. The summed E-state index contributed by atoms with van der Waals surface area (Å²) in [6.45, 7) is 3.69. The van der Waals surface area contributed by atoms with Crippen molar-refractivity contribution < 1.29 is 18.0 Å². The van der Waals surface area contributed by atoms with Crippen molar-refractivity contribution in [1.29, 1.82) is 0 Å². The number of hydrogen-bond donors (Lipinski definition) is 2. The van der Waals surface area contributed by atoms with Crippen LogP contribution in [-0.4, -0.2) is 50.9 Å². The Labute approximate surface area is 256 Å². The number of hydrogen-bond acceptors (Lipinski definition) is 6. The molecule has 3 aromatic rings. The Morgan fingerprint density at radius 2 is 1.81 bits per heavy atom. The molecule has 0 bridgehead atoms. The first-order chi connectivity index (χ1) is 19.9. The monoisotopic (exact) mass is 625 g/mol. The van der Waals surface area contributed by atoms with Gasteiger partial charge in [-0.25, -0.2) is 8.42 Å². The zero-order valence-electron chi connectivity index (χ0n) is 23.5. The summed E-state index contributed by atoms with van der Waals surface area (Å²) in [5.41, 5.74) is 11.0. The second-order valence-corrected chi connectivity index (χ2v) is 14.1. The summed E-state index contributed by atoms with van der Waals surface area (Å²) < 4.78 is 24.2. The van der Waals surface area contributed by atoms with E-state index in [9.17, 15) is 18.0 Å². The van der Waals surface area contributed by atoms with Crippen LogP contribution in [0.3, 0.4) is 0 Å². The van der Waals surface area contributed by atoms with Gasteiger partial charge in [0.2, 0.25) is 5.91 Å². The van der Waals surface area contributed by atoms with Crippen molar-refractivity contribution in [3.8, 4) is 11.1 Å². The van der Waals surface area contributed by atoms with Gasteiger partial charge in [0.1, 0.15) is 0 Å². The second-order valence-electron chi connectivity index (χ2n) is 11.3. The average Bonchev–Trinajstić information content (AvgIpc) is 3.16. The summed E-state index contributed by atoms with van der Waals surface area (Å²) in [7, 11) is -3.38. The van der Waals surface area contributed by atoms with Crippen molar-refractivity contribution in [2.24, 2.45) is 11.1 Å². The molecule has 220 valence electrons. The average molecular weight is 627 g/mol. The van der Waals surface area contributed by atoms with E-state index in [0.717, 1.165) is 30.5 Å². The number of piperidine rings is 1. The second kappa shape index (κ2) is 11.8. The lowest BCUT2D eigenvalue weighted by Crippen LogP contribution is -2.48. The lowest BCUT2D eigenvalue weighted by Gasteiger charge is -2.40. The molecule has 1 atom stereocenters.